The van der Waals surface area contributed by atoms with Crippen LogP contribution in [-0.4, -0.2) is 28.9 Å². The number of hydrogen-bond acceptors (Lipinski definition) is 5. The molecule has 0 spiro atoms. The second-order valence-electron chi connectivity index (χ2n) is 6.36. The van der Waals surface area contributed by atoms with E-state index in [9.17, 15) is 9.59 Å². The van der Waals surface area contributed by atoms with Gasteiger partial charge in [-0.25, -0.2) is 9.79 Å². The zero-order chi connectivity index (χ0) is 20.1. The molecule has 1 aliphatic heterocycles. The summed E-state index contributed by atoms with van der Waals surface area (Å²) in [5.41, 5.74) is 3.46. The minimum atomic E-state index is -1.14. The molecule has 29 heavy (non-hydrogen) atoms. The van der Waals surface area contributed by atoms with Gasteiger partial charge in [0, 0.05) is 23.5 Å². The normalized spacial score (nSPS) is 15.4. The van der Waals surface area contributed by atoms with Crippen LogP contribution in [0.25, 0.3) is 0 Å². The van der Waals surface area contributed by atoms with Crippen molar-refractivity contribution >= 4 is 23.4 Å². The molecule has 1 atom stereocenters. The fourth-order valence-corrected chi connectivity index (χ4v) is 2.95. The summed E-state index contributed by atoms with van der Waals surface area (Å²) < 4.78 is 5.23. The number of fused-ring (bicyclic) bond motifs is 1. The van der Waals surface area contributed by atoms with E-state index in [2.05, 4.69) is 20.6 Å². The highest BCUT2D eigenvalue weighted by Crippen LogP contribution is 2.22. The molecule has 0 fully saturated rings. The number of carbonyl (C=O) groups is 2. The molecule has 1 aliphatic rings. The minimum Gasteiger partial charge on any atom is -0.445 e. The minimum absolute atomic E-state index is 0.0976. The van der Waals surface area contributed by atoms with Gasteiger partial charge in [-0.3, -0.25) is 15.1 Å². The number of nitrogens with one attached hydrogen (secondary N) is 2. The van der Waals surface area contributed by atoms with Crippen LogP contribution in [0, 0.1) is 0 Å². The van der Waals surface area contributed by atoms with E-state index in [1.54, 1.807) is 18.5 Å². The second kappa shape index (κ2) is 8.35. The molecule has 0 aliphatic carbocycles. The van der Waals surface area contributed by atoms with Crippen molar-refractivity contribution in [3.05, 3.63) is 95.8 Å². The molecule has 144 valence electrons. The molecule has 2 aromatic carbocycles. The number of nitrogens with zero attached hydrogens (tertiary/aromatic N) is 2. The Bertz CT molecular complexity index is 1050. The van der Waals surface area contributed by atoms with Crippen LogP contribution in [0.3, 0.4) is 0 Å². The van der Waals surface area contributed by atoms with Gasteiger partial charge in [0.25, 0.3) is 5.91 Å². The molecule has 0 bridgehead atoms. The average Bonchev–Trinajstić information content (AvgIpc) is 2.90. The number of anilines is 1. The van der Waals surface area contributed by atoms with E-state index in [0.29, 0.717) is 17.0 Å². The largest absolute Gasteiger partial charge is 0.445 e. The number of carbonyl (C=O) groups excluding carboxylic acids is 2. The summed E-state index contributed by atoms with van der Waals surface area (Å²) in [4.78, 5) is 33.6. The van der Waals surface area contributed by atoms with Crippen LogP contribution in [0.15, 0.2) is 84.1 Å². The van der Waals surface area contributed by atoms with Crippen LogP contribution in [0.1, 0.15) is 16.7 Å². The third-order valence-corrected chi connectivity index (χ3v) is 4.36. The maximum absolute atomic E-state index is 12.7. The van der Waals surface area contributed by atoms with Gasteiger partial charge in [-0.1, -0.05) is 60.7 Å². The van der Waals surface area contributed by atoms with Gasteiger partial charge in [0.1, 0.15) is 6.61 Å². The first-order chi connectivity index (χ1) is 14.2. The van der Waals surface area contributed by atoms with Crippen molar-refractivity contribution in [2.45, 2.75) is 12.8 Å². The van der Waals surface area contributed by atoms with Gasteiger partial charge >= 0.3 is 6.09 Å². The van der Waals surface area contributed by atoms with Crippen LogP contribution < -0.4 is 10.6 Å². The maximum atomic E-state index is 12.7. The van der Waals surface area contributed by atoms with E-state index in [-0.39, 0.29) is 6.61 Å². The molecule has 0 radical (unpaired) electrons. The first-order valence-corrected chi connectivity index (χ1v) is 9.06. The lowest BCUT2D eigenvalue weighted by Crippen LogP contribution is -2.42. The Morgan fingerprint density at radius 1 is 1.03 bits per heavy atom. The summed E-state index contributed by atoms with van der Waals surface area (Å²) in [6.07, 6.45) is 1.36. The van der Waals surface area contributed by atoms with Crippen molar-refractivity contribution in [2.75, 3.05) is 5.32 Å². The quantitative estimate of drug-likeness (QED) is 0.721. The Morgan fingerprint density at radius 3 is 2.52 bits per heavy atom. The molecule has 1 aromatic heterocycles. The Labute approximate surface area is 167 Å². The summed E-state index contributed by atoms with van der Waals surface area (Å²) in [5.74, 6) is -0.458. The predicted molar refractivity (Wildman–Crippen MR) is 108 cm³/mol. The Balaban J connectivity index is 1.58. The number of amides is 2. The van der Waals surface area contributed by atoms with Crippen molar-refractivity contribution in [1.82, 2.24) is 10.3 Å². The number of rotatable bonds is 4. The third-order valence-electron chi connectivity index (χ3n) is 4.36. The third kappa shape index (κ3) is 4.30. The number of ether oxygens (including phenoxy) is 1. The molecule has 4 rings (SSSR count). The van der Waals surface area contributed by atoms with Gasteiger partial charge in [0.05, 0.1) is 11.4 Å². The molecular weight excluding hydrogens is 368 g/mol. The Kier molecular flexibility index (Phi) is 5.29. The van der Waals surface area contributed by atoms with Crippen LogP contribution in [-0.2, 0) is 16.1 Å². The highest BCUT2D eigenvalue weighted by atomic mass is 16.5. The lowest BCUT2D eigenvalue weighted by atomic mass is 10.0. The molecular formula is C22H18N4O3. The van der Waals surface area contributed by atoms with E-state index in [4.69, 9.17) is 4.74 Å². The first-order valence-electron chi connectivity index (χ1n) is 9.06. The van der Waals surface area contributed by atoms with Crippen LogP contribution in [0.5, 0.6) is 0 Å². The molecule has 2 amide bonds. The molecule has 3 aromatic rings. The highest BCUT2D eigenvalue weighted by molar-refractivity contribution is 6.19. The van der Waals surface area contributed by atoms with E-state index >= 15 is 0 Å². The summed E-state index contributed by atoms with van der Waals surface area (Å²) in [7, 11) is 0. The van der Waals surface area contributed by atoms with Crippen LogP contribution >= 0.6 is 0 Å². The van der Waals surface area contributed by atoms with Crippen LogP contribution in [0.4, 0.5) is 10.5 Å². The van der Waals surface area contributed by atoms with Gasteiger partial charge in [-0.15, -0.1) is 0 Å². The van der Waals surface area contributed by atoms with Gasteiger partial charge in [-0.2, -0.15) is 0 Å². The summed E-state index contributed by atoms with van der Waals surface area (Å²) in [6, 6.07) is 20.4. The number of hydrogen-bond donors (Lipinski definition) is 2. The number of benzene rings is 2. The van der Waals surface area contributed by atoms with E-state index in [1.165, 1.54) is 0 Å². The Hall–Kier alpha value is -4.00. The van der Waals surface area contributed by atoms with Gasteiger partial charge in [-0.05, 0) is 11.6 Å². The smallest absolute Gasteiger partial charge is 0.409 e. The maximum Gasteiger partial charge on any atom is 0.409 e. The zero-order valence-electron chi connectivity index (χ0n) is 15.4. The molecule has 7 nitrogen and oxygen atoms in total. The van der Waals surface area contributed by atoms with E-state index in [1.807, 2.05) is 60.7 Å². The van der Waals surface area contributed by atoms with Gasteiger partial charge in [0.2, 0.25) is 6.17 Å². The molecule has 0 saturated carbocycles. The number of aliphatic imine (C=N–C) groups is 1. The SMILES string of the molecule is O=C(NC1N=C(c2ccccc2)c2cnccc2NC1=O)OCc1ccccc1. The van der Waals surface area contributed by atoms with E-state index in [0.717, 1.165) is 11.1 Å². The molecule has 0 saturated heterocycles. The molecule has 2 heterocycles. The van der Waals surface area contributed by atoms with Crippen molar-refractivity contribution in [1.29, 1.82) is 0 Å². The lowest BCUT2D eigenvalue weighted by Gasteiger charge is -2.13. The predicted octanol–water partition coefficient (Wildman–Crippen LogP) is 3.12. The summed E-state index contributed by atoms with van der Waals surface area (Å²) in [6.45, 7) is 0.0976. The van der Waals surface area contributed by atoms with Crippen LogP contribution in [0.2, 0.25) is 0 Å². The van der Waals surface area contributed by atoms with Crippen molar-refractivity contribution < 1.29 is 14.3 Å². The van der Waals surface area contributed by atoms with Gasteiger partial charge < -0.3 is 10.1 Å². The van der Waals surface area contributed by atoms with Crippen molar-refractivity contribution in [3.8, 4) is 0 Å². The van der Waals surface area contributed by atoms with E-state index < -0.39 is 18.2 Å². The van der Waals surface area contributed by atoms with Crippen molar-refractivity contribution in [3.63, 3.8) is 0 Å². The number of alkyl carbamates (subject to hydrolysis) is 1. The number of pyridine rings is 1. The standard InChI is InChI=1S/C22H18N4O3/c27-21-20(26-22(28)29-14-15-7-3-1-4-8-15)25-19(16-9-5-2-6-10-16)17-13-23-12-11-18(17)24-21/h1-13,20H,14H2,(H,24,27)(H,26,28). The first kappa shape index (κ1) is 18.4. The average molecular weight is 386 g/mol. The summed E-state index contributed by atoms with van der Waals surface area (Å²) in [5, 5.41) is 5.32. The fourth-order valence-electron chi connectivity index (χ4n) is 2.95. The van der Waals surface area contributed by atoms with Crippen molar-refractivity contribution in [2.24, 2.45) is 4.99 Å². The molecule has 1 unspecified atom stereocenters. The topological polar surface area (TPSA) is 92.7 Å². The van der Waals surface area contributed by atoms with Gasteiger partial charge in [0.15, 0.2) is 0 Å². The highest BCUT2D eigenvalue weighted by Gasteiger charge is 2.27. The lowest BCUT2D eigenvalue weighted by molar-refractivity contribution is -0.117. The Morgan fingerprint density at radius 2 is 1.76 bits per heavy atom. The fraction of sp³-hybridized carbons (Fsp3) is 0.0909. The monoisotopic (exact) mass is 386 g/mol. The molecule has 7 heteroatoms. The zero-order valence-corrected chi connectivity index (χ0v) is 15.4. The summed E-state index contributed by atoms with van der Waals surface area (Å²) >= 11 is 0. The second-order valence-corrected chi connectivity index (χ2v) is 6.36. The number of aromatic nitrogens is 1. The molecule has 2 N–H and O–H groups in total.